The van der Waals surface area contributed by atoms with Crippen molar-refractivity contribution in [2.45, 2.75) is 32.6 Å². The minimum atomic E-state index is 0.0508. The summed E-state index contributed by atoms with van der Waals surface area (Å²) in [5, 5.41) is 0. The second-order valence-electron chi connectivity index (χ2n) is 7.07. The summed E-state index contributed by atoms with van der Waals surface area (Å²) in [5.41, 5.74) is 4.81. The van der Waals surface area contributed by atoms with Crippen LogP contribution in [0.15, 0.2) is 54.6 Å². The third kappa shape index (κ3) is 3.37. The van der Waals surface area contributed by atoms with Crippen LogP contribution in [0, 0.1) is 0 Å². The van der Waals surface area contributed by atoms with E-state index in [0.29, 0.717) is 0 Å². The molecule has 118 valence electrons. The summed E-state index contributed by atoms with van der Waals surface area (Å²) in [7, 11) is 0. The van der Waals surface area contributed by atoms with Crippen LogP contribution >= 0.6 is 0 Å². The lowest BCUT2D eigenvalue weighted by Crippen LogP contribution is -2.26. The Kier molecular flexibility index (Phi) is 4.08. The van der Waals surface area contributed by atoms with Gasteiger partial charge in [0.05, 0.1) is 0 Å². The van der Waals surface area contributed by atoms with Crippen LogP contribution in [0.1, 0.15) is 37.5 Å². The number of fused-ring (bicyclic) bond motifs is 1. The summed E-state index contributed by atoms with van der Waals surface area (Å²) in [6.07, 6.45) is 4.51. The maximum atomic E-state index is 12.4. The van der Waals surface area contributed by atoms with Crippen LogP contribution in [0.25, 0.3) is 6.08 Å². The molecule has 0 saturated carbocycles. The average molecular weight is 305 g/mol. The maximum absolute atomic E-state index is 12.4. The van der Waals surface area contributed by atoms with Crippen LogP contribution in [0.4, 0.5) is 5.69 Å². The van der Waals surface area contributed by atoms with Crippen molar-refractivity contribution in [3.8, 4) is 0 Å². The molecule has 1 aliphatic heterocycles. The molecule has 0 bridgehead atoms. The van der Waals surface area contributed by atoms with Gasteiger partial charge in [-0.25, -0.2) is 0 Å². The fourth-order valence-electron chi connectivity index (χ4n) is 2.92. The summed E-state index contributed by atoms with van der Waals surface area (Å²) in [5.74, 6) is 0.0508. The van der Waals surface area contributed by atoms with E-state index >= 15 is 0 Å². The average Bonchev–Trinajstić information content (AvgIpc) is 2.96. The largest absolute Gasteiger partial charge is 0.308 e. The molecule has 2 heteroatoms. The molecule has 3 rings (SSSR count). The molecule has 0 saturated heterocycles. The van der Waals surface area contributed by atoms with Crippen LogP contribution in [0.2, 0.25) is 0 Å². The van der Waals surface area contributed by atoms with E-state index in [1.54, 1.807) is 6.08 Å². The lowest BCUT2D eigenvalue weighted by Gasteiger charge is -2.18. The van der Waals surface area contributed by atoms with Crippen LogP contribution in [-0.2, 0) is 16.6 Å². The van der Waals surface area contributed by atoms with Crippen molar-refractivity contribution in [1.82, 2.24) is 0 Å². The number of para-hydroxylation sites is 1. The Bertz CT molecular complexity index is 735. The fourth-order valence-corrected chi connectivity index (χ4v) is 2.92. The molecule has 0 aliphatic carbocycles. The van der Waals surface area contributed by atoms with Gasteiger partial charge in [0.25, 0.3) is 5.91 Å². The summed E-state index contributed by atoms with van der Waals surface area (Å²) < 4.78 is 0. The molecular weight excluding hydrogens is 282 g/mol. The Morgan fingerprint density at radius 2 is 1.74 bits per heavy atom. The molecule has 0 aromatic heterocycles. The van der Waals surface area contributed by atoms with Crippen LogP contribution in [0.3, 0.4) is 0 Å². The smallest absolute Gasteiger partial charge is 0.251 e. The van der Waals surface area contributed by atoms with Gasteiger partial charge in [-0.3, -0.25) is 4.79 Å². The quantitative estimate of drug-likeness (QED) is 0.743. The highest BCUT2D eigenvalue weighted by atomic mass is 16.2. The van der Waals surface area contributed by atoms with Crippen molar-refractivity contribution in [2.24, 2.45) is 0 Å². The SMILES string of the molecule is CC(C)(C)c1ccc(C=CC(=O)N2CCc3ccccc32)cc1. The Labute approximate surface area is 138 Å². The minimum absolute atomic E-state index is 0.0508. The predicted molar refractivity (Wildman–Crippen MR) is 96.7 cm³/mol. The molecule has 1 amide bonds. The number of amides is 1. The van der Waals surface area contributed by atoms with Gasteiger partial charge >= 0.3 is 0 Å². The number of nitrogens with zero attached hydrogens (tertiary/aromatic N) is 1. The van der Waals surface area contributed by atoms with E-state index < -0.39 is 0 Å². The minimum Gasteiger partial charge on any atom is -0.308 e. The van der Waals surface area contributed by atoms with E-state index in [9.17, 15) is 4.79 Å². The molecular formula is C21H23NO. The number of carbonyl (C=O) groups excluding carboxylic acids is 1. The van der Waals surface area contributed by atoms with E-state index in [0.717, 1.165) is 24.2 Å². The summed E-state index contributed by atoms with van der Waals surface area (Å²) in [6, 6.07) is 16.5. The van der Waals surface area contributed by atoms with Gasteiger partial charge in [0.2, 0.25) is 0 Å². The zero-order valence-electron chi connectivity index (χ0n) is 14.0. The summed E-state index contributed by atoms with van der Waals surface area (Å²) >= 11 is 0. The predicted octanol–water partition coefficient (Wildman–Crippen LogP) is 4.59. The Hall–Kier alpha value is -2.35. The van der Waals surface area contributed by atoms with E-state index in [1.165, 1.54) is 11.1 Å². The van der Waals surface area contributed by atoms with E-state index in [2.05, 4.69) is 51.1 Å². The molecule has 0 spiro atoms. The highest BCUT2D eigenvalue weighted by Gasteiger charge is 2.22. The molecule has 23 heavy (non-hydrogen) atoms. The highest BCUT2D eigenvalue weighted by molar-refractivity contribution is 6.05. The van der Waals surface area contributed by atoms with Crippen LogP contribution in [0.5, 0.6) is 0 Å². The second kappa shape index (κ2) is 6.04. The van der Waals surface area contributed by atoms with Gasteiger partial charge in [0, 0.05) is 18.3 Å². The van der Waals surface area contributed by atoms with Crippen molar-refractivity contribution in [2.75, 3.05) is 11.4 Å². The number of benzene rings is 2. The van der Waals surface area contributed by atoms with Gasteiger partial charge in [0.15, 0.2) is 0 Å². The van der Waals surface area contributed by atoms with Gasteiger partial charge in [0.1, 0.15) is 0 Å². The van der Waals surface area contributed by atoms with E-state index in [1.807, 2.05) is 29.2 Å². The number of anilines is 1. The maximum Gasteiger partial charge on any atom is 0.251 e. The summed E-state index contributed by atoms with van der Waals surface area (Å²) in [4.78, 5) is 14.3. The van der Waals surface area contributed by atoms with Crippen molar-refractivity contribution >= 4 is 17.7 Å². The van der Waals surface area contributed by atoms with E-state index in [4.69, 9.17) is 0 Å². The standard InChI is InChI=1S/C21H23NO/c1-21(2,3)18-11-8-16(9-12-18)10-13-20(23)22-15-14-17-6-4-5-7-19(17)22/h4-13H,14-15H2,1-3H3. The third-order valence-corrected chi connectivity index (χ3v) is 4.35. The Morgan fingerprint density at radius 1 is 1.04 bits per heavy atom. The number of rotatable bonds is 2. The first-order valence-electron chi connectivity index (χ1n) is 8.13. The molecule has 0 unspecified atom stereocenters. The molecule has 2 nitrogen and oxygen atoms in total. The second-order valence-corrected chi connectivity index (χ2v) is 7.07. The zero-order chi connectivity index (χ0) is 16.4. The Balaban J connectivity index is 1.72. The van der Waals surface area contributed by atoms with Gasteiger partial charge in [-0.15, -0.1) is 0 Å². The molecule has 0 radical (unpaired) electrons. The summed E-state index contributed by atoms with van der Waals surface area (Å²) in [6.45, 7) is 7.37. The fraction of sp³-hybridized carbons (Fsp3) is 0.286. The molecule has 0 N–H and O–H groups in total. The molecule has 1 aliphatic rings. The first-order chi connectivity index (χ1) is 10.9. The normalized spacial score (nSPS) is 14.3. The lowest BCUT2D eigenvalue weighted by molar-refractivity contribution is -0.114. The topological polar surface area (TPSA) is 20.3 Å². The number of hydrogen-bond donors (Lipinski definition) is 0. The monoisotopic (exact) mass is 305 g/mol. The van der Waals surface area contributed by atoms with E-state index in [-0.39, 0.29) is 11.3 Å². The van der Waals surface area contributed by atoms with Gasteiger partial charge in [-0.1, -0.05) is 63.2 Å². The highest BCUT2D eigenvalue weighted by Crippen LogP contribution is 2.27. The molecule has 0 atom stereocenters. The third-order valence-electron chi connectivity index (χ3n) is 4.35. The molecule has 0 fully saturated rings. The van der Waals surface area contributed by atoms with Crippen molar-refractivity contribution < 1.29 is 4.79 Å². The van der Waals surface area contributed by atoms with Crippen LogP contribution in [-0.4, -0.2) is 12.5 Å². The van der Waals surface area contributed by atoms with Crippen LogP contribution < -0.4 is 4.90 Å². The first-order valence-corrected chi connectivity index (χ1v) is 8.13. The lowest BCUT2D eigenvalue weighted by atomic mass is 9.87. The van der Waals surface area contributed by atoms with Crippen molar-refractivity contribution in [1.29, 1.82) is 0 Å². The van der Waals surface area contributed by atoms with Gasteiger partial charge in [-0.05, 0) is 40.7 Å². The number of carbonyl (C=O) groups is 1. The van der Waals surface area contributed by atoms with Gasteiger partial charge < -0.3 is 4.90 Å². The molecule has 1 heterocycles. The number of hydrogen-bond acceptors (Lipinski definition) is 1. The van der Waals surface area contributed by atoms with Crippen molar-refractivity contribution in [3.05, 3.63) is 71.3 Å². The van der Waals surface area contributed by atoms with Gasteiger partial charge in [-0.2, -0.15) is 0 Å². The Morgan fingerprint density at radius 3 is 2.43 bits per heavy atom. The molecule has 2 aromatic carbocycles. The zero-order valence-corrected chi connectivity index (χ0v) is 14.0. The first kappa shape index (κ1) is 15.5. The molecule has 2 aromatic rings. The van der Waals surface area contributed by atoms with Crippen molar-refractivity contribution in [3.63, 3.8) is 0 Å².